The molecule has 1 aromatic carbocycles. The van der Waals surface area contributed by atoms with E-state index < -0.39 is 0 Å². The van der Waals surface area contributed by atoms with Gasteiger partial charge in [-0.1, -0.05) is 18.2 Å². The molecular weight excluding hydrogens is 326 g/mol. The Morgan fingerprint density at radius 3 is 2.81 bits per heavy atom. The van der Waals surface area contributed by atoms with E-state index >= 15 is 0 Å². The van der Waals surface area contributed by atoms with E-state index in [9.17, 15) is 10.1 Å². The summed E-state index contributed by atoms with van der Waals surface area (Å²) < 4.78 is 3.77. The van der Waals surface area contributed by atoms with Crippen LogP contribution in [0.1, 0.15) is 39.3 Å². The van der Waals surface area contributed by atoms with Gasteiger partial charge in [-0.25, -0.2) is 9.67 Å². The van der Waals surface area contributed by atoms with Crippen molar-refractivity contribution >= 4 is 11.9 Å². The van der Waals surface area contributed by atoms with Crippen molar-refractivity contribution in [3.63, 3.8) is 0 Å². The maximum Gasteiger partial charge on any atom is 0.189 e. The van der Waals surface area contributed by atoms with E-state index in [4.69, 9.17) is 0 Å². The number of ketones is 1. The molecule has 0 N–H and O–H groups in total. The number of fused-ring (bicyclic) bond motifs is 1. The van der Waals surface area contributed by atoms with Gasteiger partial charge in [-0.15, -0.1) is 0 Å². The van der Waals surface area contributed by atoms with Crippen LogP contribution < -0.4 is 0 Å². The summed E-state index contributed by atoms with van der Waals surface area (Å²) in [5, 5.41) is 13.6. The van der Waals surface area contributed by atoms with Crippen LogP contribution in [-0.4, -0.2) is 25.1 Å². The van der Waals surface area contributed by atoms with E-state index in [2.05, 4.69) is 20.7 Å². The average molecular weight is 343 g/mol. The summed E-state index contributed by atoms with van der Waals surface area (Å²) in [6.45, 7) is 2.81. The fourth-order valence-electron chi connectivity index (χ4n) is 3.52. The Labute approximate surface area is 151 Å². The summed E-state index contributed by atoms with van der Waals surface area (Å²) in [5.41, 5.74) is 4.78. The van der Waals surface area contributed by atoms with Gasteiger partial charge in [-0.2, -0.15) is 10.4 Å². The molecule has 3 aromatic rings. The summed E-state index contributed by atoms with van der Waals surface area (Å²) in [5.74, 6) is -0.124. The lowest BCUT2D eigenvalue weighted by Crippen LogP contribution is -2.01. The second kappa shape index (κ2) is 6.45. The highest BCUT2D eigenvalue weighted by atomic mass is 16.1. The molecule has 0 radical (unpaired) electrons. The highest BCUT2D eigenvalue weighted by Gasteiger charge is 2.26. The molecule has 128 valence electrons. The lowest BCUT2D eigenvalue weighted by atomic mass is 10.0. The van der Waals surface area contributed by atoms with Gasteiger partial charge in [0, 0.05) is 17.9 Å². The summed E-state index contributed by atoms with van der Waals surface area (Å²) >= 11 is 0. The van der Waals surface area contributed by atoms with E-state index in [0.717, 1.165) is 42.0 Å². The molecule has 1 aliphatic rings. The highest BCUT2D eigenvalue weighted by molar-refractivity contribution is 6.09. The van der Waals surface area contributed by atoms with Gasteiger partial charge in [0.1, 0.15) is 18.7 Å². The number of aromatic nitrogens is 4. The number of hydrogen-bond acceptors (Lipinski definition) is 4. The van der Waals surface area contributed by atoms with E-state index in [-0.39, 0.29) is 5.78 Å². The fraction of sp³-hybridized carbons (Fsp3) is 0.200. The normalized spacial score (nSPS) is 13.1. The maximum absolute atomic E-state index is 12.7. The van der Waals surface area contributed by atoms with Crippen LogP contribution in [0.25, 0.3) is 11.8 Å². The van der Waals surface area contributed by atoms with Crippen LogP contribution in [0.15, 0.2) is 43.0 Å². The number of allylic oxidation sites excluding steroid dienone is 1. The van der Waals surface area contributed by atoms with Crippen LogP contribution in [0.5, 0.6) is 0 Å². The van der Waals surface area contributed by atoms with Gasteiger partial charge >= 0.3 is 0 Å². The van der Waals surface area contributed by atoms with Crippen LogP contribution in [0.4, 0.5) is 0 Å². The van der Waals surface area contributed by atoms with Gasteiger partial charge in [0.2, 0.25) is 0 Å². The Kier molecular flexibility index (Phi) is 3.98. The third kappa shape index (κ3) is 2.64. The van der Waals surface area contributed by atoms with E-state index in [0.29, 0.717) is 11.1 Å². The van der Waals surface area contributed by atoms with Crippen LogP contribution in [0, 0.1) is 18.3 Å². The highest BCUT2D eigenvalue weighted by Crippen LogP contribution is 2.29. The van der Waals surface area contributed by atoms with Gasteiger partial charge in [0.25, 0.3) is 0 Å². The van der Waals surface area contributed by atoms with Crippen molar-refractivity contribution in [2.75, 3.05) is 0 Å². The third-order valence-electron chi connectivity index (χ3n) is 4.79. The van der Waals surface area contributed by atoms with Crippen molar-refractivity contribution in [2.24, 2.45) is 0 Å². The Hall–Kier alpha value is -3.46. The quantitative estimate of drug-likeness (QED) is 0.539. The van der Waals surface area contributed by atoms with Gasteiger partial charge in [0.15, 0.2) is 5.78 Å². The molecule has 0 amide bonds. The first-order valence-electron chi connectivity index (χ1n) is 8.48. The molecule has 6 nitrogen and oxygen atoms in total. The van der Waals surface area contributed by atoms with Crippen molar-refractivity contribution in [2.45, 2.75) is 26.3 Å². The maximum atomic E-state index is 12.7. The summed E-state index contributed by atoms with van der Waals surface area (Å²) in [6, 6.07) is 9.89. The summed E-state index contributed by atoms with van der Waals surface area (Å²) in [7, 11) is 0. The molecule has 0 atom stereocenters. The Balaban J connectivity index is 1.58. The van der Waals surface area contributed by atoms with Crippen molar-refractivity contribution in [1.29, 1.82) is 5.26 Å². The van der Waals surface area contributed by atoms with Crippen LogP contribution >= 0.6 is 0 Å². The molecule has 1 aliphatic heterocycles. The zero-order chi connectivity index (χ0) is 18.1. The average Bonchev–Trinajstić information content (AvgIpc) is 3.39. The minimum absolute atomic E-state index is 0.124. The van der Waals surface area contributed by atoms with Crippen LogP contribution in [-0.2, 0) is 13.0 Å². The van der Waals surface area contributed by atoms with Crippen LogP contribution in [0.3, 0.4) is 0 Å². The number of carbonyl (C=O) groups is 1. The molecule has 4 rings (SSSR count). The monoisotopic (exact) mass is 343 g/mol. The molecule has 0 saturated heterocycles. The first kappa shape index (κ1) is 16.0. The Bertz CT molecular complexity index is 1030. The van der Waals surface area contributed by atoms with Crippen LogP contribution in [0.2, 0.25) is 0 Å². The van der Waals surface area contributed by atoms with Crippen molar-refractivity contribution in [3.8, 4) is 11.8 Å². The molecule has 0 aliphatic carbocycles. The fourth-order valence-corrected chi connectivity index (χ4v) is 3.52. The molecule has 0 bridgehead atoms. The van der Waals surface area contributed by atoms with Crippen molar-refractivity contribution < 1.29 is 4.79 Å². The number of carbonyl (C=O) groups excluding carboxylic acids is 1. The summed E-state index contributed by atoms with van der Waals surface area (Å²) in [4.78, 5) is 16.6. The number of nitrogens with zero attached hydrogens (tertiary/aromatic N) is 5. The van der Waals surface area contributed by atoms with Gasteiger partial charge in [-0.05, 0) is 43.5 Å². The molecule has 26 heavy (non-hydrogen) atoms. The minimum Gasteiger partial charge on any atom is -0.347 e. The Morgan fingerprint density at radius 2 is 2.12 bits per heavy atom. The lowest BCUT2D eigenvalue weighted by molar-refractivity contribution is 0.104. The molecule has 2 aromatic heterocycles. The molecular formula is C20H17N5O. The molecule has 3 heterocycles. The first-order chi connectivity index (χ1) is 12.7. The molecule has 6 heteroatoms. The molecule has 0 saturated carbocycles. The lowest BCUT2D eigenvalue weighted by Gasteiger charge is -2.02. The standard InChI is InChI=1S/C20H17N5O/c1-14-20(17(11-21)18-3-2-10-24(14)18)19(26)9-6-15-4-7-16(8-5-15)25-13-22-12-23-25/h4-9,12-13H,2-3,10H2,1H3/b9-6+. The summed E-state index contributed by atoms with van der Waals surface area (Å²) in [6.07, 6.45) is 8.33. The zero-order valence-electron chi connectivity index (χ0n) is 14.4. The number of nitriles is 1. The smallest absolute Gasteiger partial charge is 0.189 e. The SMILES string of the molecule is Cc1c(C(=O)/C=C/c2ccc(-n3cncn3)cc2)c(C#N)c2n1CCC2. The Morgan fingerprint density at radius 1 is 1.31 bits per heavy atom. The van der Waals surface area contributed by atoms with E-state index in [1.54, 1.807) is 23.2 Å². The van der Waals surface area contributed by atoms with Gasteiger partial charge in [-0.3, -0.25) is 4.79 Å². The zero-order valence-corrected chi connectivity index (χ0v) is 14.4. The molecule has 0 fully saturated rings. The van der Waals surface area contributed by atoms with Gasteiger partial charge in [0.05, 0.1) is 16.8 Å². The molecule has 0 spiro atoms. The minimum atomic E-state index is -0.124. The van der Waals surface area contributed by atoms with E-state index in [1.165, 1.54) is 6.33 Å². The second-order valence-corrected chi connectivity index (χ2v) is 6.28. The number of benzene rings is 1. The second-order valence-electron chi connectivity index (χ2n) is 6.28. The van der Waals surface area contributed by atoms with Crippen molar-refractivity contribution in [3.05, 3.63) is 71.1 Å². The van der Waals surface area contributed by atoms with Gasteiger partial charge < -0.3 is 4.57 Å². The largest absolute Gasteiger partial charge is 0.347 e. The third-order valence-corrected chi connectivity index (χ3v) is 4.79. The van der Waals surface area contributed by atoms with E-state index in [1.807, 2.05) is 31.2 Å². The topological polar surface area (TPSA) is 76.5 Å². The van der Waals surface area contributed by atoms with Crippen molar-refractivity contribution in [1.82, 2.24) is 19.3 Å². The predicted octanol–water partition coefficient (Wildman–Crippen LogP) is 3.09. The number of hydrogen-bond donors (Lipinski definition) is 0. The predicted molar refractivity (Wildman–Crippen MR) is 96.9 cm³/mol. The first-order valence-corrected chi connectivity index (χ1v) is 8.48. The number of rotatable bonds is 4. The molecule has 0 unspecified atom stereocenters.